The number of aliphatic carboxylic acids is 1. The molecule has 1 fully saturated rings. The van der Waals surface area contributed by atoms with Gasteiger partial charge >= 0.3 is 17.6 Å². The Kier molecular flexibility index (Phi) is 5.49. The Morgan fingerprint density at radius 2 is 1.90 bits per heavy atom. The Balaban J connectivity index is 1.74. The molecule has 158 valence electrons. The maximum Gasteiger partial charge on any atom is 0.338 e. The molecule has 3 heterocycles. The van der Waals surface area contributed by atoms with Gasteiger partial charge in [-0.05, 0) is 0 Å². The Labute approximate surface area is 158 Å². The zero-order valence-electron chi connectivity index (χ0n) is 14.3. The van der Waals surface area contributed by atoms with E-state index in [9.17, 15) is 34.5 Å². The number of hydrogen-bond acceptors (Lipinski definition) is 11. The molecule has 3 rings (SSSR count). The lowest BCUT2D eigenvalue weighted by Crippen LogP contribution is -2.42. The van der Waals surface area contributed by atoms with Gasteiger partial charge in [0.2, 0.25) is 0 Å². The third kappa shape index (κ3) is 3.76. The van der Waals surface area contributed by atoms with Crippen molar-refractivity contribution in [2.45, 2.75) is 36.7 Å². The minimum absolute atomic E-state index is 0.0901. The van der Waals surface area contributed by atoms with Crippen molar-refractivity contribution in [3.63, 3.8) is 0 Å². The molecule has 2 aromatic heterocycles. The molecule has 0 aromatic carbocycles. The Morgan fingerprint density at radius 1 is 1.21 bits per heavy atom. The van der Waals surface area contributed by atoms with Gasteiger partial charge in [0.15, 0.2) is 24.0 Å². The average Bonchev–Trinajstić information content (AvgIpc) is 3.20. The van der Waals surface area contributed by atoms with E-state index in [1.165, 1.54) is 0 Å². The number of carbonyl (C=O) groups excluding carboxylic acids is 1. The van der Waals surface area contributed by atoms with Gasteiger partial charge in [-0.25, -0.2) is 19.4 Å². The van der Waals surface area contributed by atoms with Crippen LogP contribution in [0.5, 0.6) is 0 Å². The number of ether oxygens (including phenoxy) is 2. The van der Waals surface area contributed by atoms with Gasteiger partial charge in [-0.2, -0.15) is 0 Å². The topological polar surface area (TPSA) is 237 Å². The maximum absolute atomic E-state index is 11.7. The van der Waals surface area contributed by atoms with Crippen molar-refractivity contribution < 1.29 is 44.6 Å². The lowest BCUT2D eigenvalue weighted by atomic mass is 10.1. The van der Waals surface area contributed by atoms with Crippen LogP contribution in [0.25, 0.3) is 11.2 Å². The molecule has 15 heteroatoms. The number of nitrogens with zero attached hydrogens (tertiary/aromatic N) is 2. The van der Waals surface area contributed by atoms with Gasteiger partial charge in [0.05, 0.1) is 6.33 Å². The third-order valence-electron chi connectivity index (χ3n) is 4.26. The quantitative estimate of drug-likeness (QED) is 0.220. The van der Waals surface area contributed by atoms with Crippen LogP contribution in [0.15, 0.2) is 15.9 Å². The largest absolute Gasteiger partial charge is 0.479 e. The highest BCUT2D eigenvalue weighted by atomic mass is 16.6. The summed E-state index contributed by atoms with van der Waals surface area (Å²) in [5.74, 6) is -3.34. The summed E-state index contributed by atoms with van der Waals surface area (Å²) in [4.78, 5) is 53.4. The molecule has 7 N–H and O–H groups in total. The zero-order valence-corrected chi connectivity index (χ0v) is 14.3. The van der Waals surface area contributed by atoms with Crippen LogP contribution in [0.1, 0.15) is 6.23 Å². The summed E-state index contributed by atoms with van der Waals surface area (Å²) in [5, 5.41) is 47.4. The van der Waals surface area contributed by atoms with Gasteiger partial charge in [0.1, 0.15) is 30.6 Å². The van der Waals surface area contributed by atoms with Crippen LogP contribution in [0, 0.1) is 0 Å². The maximum atomic E-state index is 11.7. The van der Waals surface area contributed by atoms with E-state index >= 15 is 0 Å². The van der Waals surface area contributed by atoms with Gasteiger partial charge in [-0.1, -0.05) is 0 Å². The van der Waals surface area contributed by atoms with Crippen LogP contribution in [-0.2, 0) is 19.1 Å². The number of esters is 1. The minimum Gasteiger partial charge on any atom is -0.479 e. The second kappa shape index (κ2) is 7.72. The molecular weight excluding hydrogens is 400 g/mol. The molecule has 29 heavy (non-hydrogen) atoms. The predicted octanol–water partition coefficient (Wildman–Crippen LogP) is -4.62. The number of carboxylic acids is 1. The van der Waals surface area contributed by atoms with E-state index in [4.69, 9.17) is 14.9 Å². The molecule has 0 saturated carbocycles. The number of imidazole rings is 1. The van der Waals surface area contributed by atoms with Gasteiger partial charge in [0, 0.05) is 0 Å². The molecule has 0 bridgehead atoms. The van der Waals surface area contributed by atoms with Crippen LogP contribution in [0.4, 0.5) is 0 Å². The number of aromatic nitrogens is 4. The fourth-order valence-corrected chi connectivity index (χ4v) is 2.76. The van der Waals surface area contributed by atoms with E-state index in [0.29, 0.717) is 0 Å². The van der Waals surface area contributed by atoms with Gasteiger partial charge in [0.25, 0.3) is 5.56 Å². The van der Waals surface area contributed by atoms with Crippen molar-refractivity contribution in [2.24, 2.45) is 0 Å². The Morgan fingerprint density at radius 3 is 2.55 bits per heavy atom. The molecule has 2 aromatic rings. The highest BCUT2D eigenvalue weighted by molar-refractivity contribution is 5.84. The first-order valence-electron chi connectivity index (χ1n) is 8.08. The van der Waals surface area contributed by atoms with Crippen LogP contribution >= 0.6 is 0 Å². The van der Waals surface area contributed by atoms with Crippen molar-refractivity contribution in [3.8, 4) is 0 Å². The van der Waals surface area contributed by atoms with Gasteiger partial charge in [-0.3, -0.25) is 19.3 Å². The second-order valence-electron chi connectivity index (χ2n) is 6.16. The van der Waals surface area contributed by atoms with Crippen LogP contribution in [-0.4, -0.2) is 94.1 Å². The molecule has 1 aliphatic rings. The number of hydrogen-bond donors (Lipinski definition) is 7. The summed E-state index contributed by atoms with van der Waals surface area (Å²) >= 11 is 0. The van der Waals surface area contributed by atoms with E-state index in [0.717, 1.165) is 10.9 Å². The molecule has 2 unspecified atom stereocenters. The summed E-state index contributed by atoms with van der Waals surface area (Å²) in [6, 6.07) is 0. The van der Waals surface area contributed by atoms with Crippen molar-refractivity contribution >= 4 is 23.1 Å². The van der Waals surface area contributed by atoms with Gasteiger partial charge in [-0.15, -0.1) is 0 Å². The zero-order chi connectivity index (χ0) is 21.5. The molecule has 0 amide bonds. The number of carbonyl (C=O) groups is 2. The first-order valence-corrected chi connectivity index (χ1v) is 8.08. The van der Waals surface area contributed by atoms with Crippen molar-refractivity contribution in [2.75, 3.05) is 6.61 Å². The summed E-state index contributed by atoms with van der Waals surface area (Å²) in [6.45, 7) is -0.708. The molecule has 0 radical (unpaired) electrons. The van der Waals surface area contributed by atoms with Crippen LogP contribution < -0.4 is 11.2 Å². The highest BCUT2D eigenvalue weighted by Crippen LogP contribution is 2.31. The fourth-order valence-electron chi connectivity index (χ4n) is 2.76. The first-order chi connectivity index (χ1) is 13.6. The third-order valence-corrected chi connectivity index (χ3v) is 4.26. The predicted molar refractivity (Wildman–Crippen MR) is 87.5 cm³/mol. The smallest absolute Gasteiger partial charge is 0.338 e. The number of carboxylic acid groups (broad SMARTS) is 1. The molecule has 0 spiro atoms. The van der Waals surface area contributed by atoms with Crippen molar-refractivity contribution in [1.82, 2.24) is 19.5 Å². The molecule has 6 atom stereocenters. The second-order valence-corrected chi connectivity index (χ2v) is 6.16. The van der Waals surface area contributed by atoms with E-state index < -0.39 is 66.5 Å². The lowest BCUT2D eigenvalue weighted by molar-refractivity contribution is -0.173. The van der Waals surface area contributed by atoms with Gasteiger partial charge < -0.3 is 35.0 Å². The fraction of sp³-hybridized carbons (Fsp3) is 0.500. The van der Waals surface area contributed by atoms with E-state index in [2.05, 4.69) is 14.7 Å². The van der Waals surface area contributed by atoms with Crippen molar-refractivity contribution in [3.05, 3.63) is 27.2 Å². The van der Waals surface area contributed by atoms with E-state index in [-0.39, 0.29) is 11.2 Å². The molecule has 15 nitrogen and oxygen atoms in total. The van der Waals surface area contributed by atoms with E-state index in [1.807, 2.05) is 4.98 Å². The number of rotatable bonds is 6. The standard InChI is InChI=1S/C14H16N4O11/c19-5-3(1-28-13(26)8(22)7(21)12(24)25)29-11(6(5)20)18-2-15-4-9(18)16-14(27)17-10(4)23/h2-3,5-8,11,19-22H,1H2,(H,24,25)(H2,16,17,23,27)/t3-,5-,6-,7?,8?,11-/m1/s1. The molecular formula is C14H16N4O11. The normalized spacial score (nSPS) is 26.3. The van der Waals surface area contributed by atoms with E-state index in [1.54, 1.807) is 0 Å². The Bertz CT molecular complexity index is 1040. The van der Waals surface area contributed by atoms with Crippen LogP contribution in [0.3, 0.4) is 0 Å². The number of aliphatic hydroxyl groups is 4. The summed E-state index contributed by atoms with van der Waals surface area (Å²) < 4.78 is 11.1. The molecule has 1 aliphatic heterocycles. The Hall–Kier alpha value is -3.11. The highest BCUT2D eigenvalue weighted by Gasteiger charge is 2.45. The number of H-pyrrole nitrogens is 2. The lowest BCUT2D eigenvalue weighted by Gasteiger charge is -2.17. The SMILES string of the molecule is O=C(O)C(O)C(O)C(=O)OC[C@H]1O[C@@H](n2cnc3c(=O)[nH]c(=O)[nH]c32)[C@H](O)[C@@H]1O. The summed E-state index contributed by atoms with van der Waals surface area (Å²) in [6.07, 6.45) is -9.54. The minimum atomic E-state index is -2.41. The number of aliphatic hydroxyl groups excluding tert-OH is 4. The van der Waals surface area contributed by atoms with Crippen LogP contribution in [0.2, 0.25) is 0 Å². The first kappa shape index (κ1) is 20.6. The number of fused-ring (bicyclic) bond motifs is 1. The molecule has 1 saturated heterocycles. The number of nitrogens with one attached hydrogen (secondary N) is 2. The average molecular weight is 416 g/mol. The van der Waals surface area contributed by atoms with Crippen molar-refractivity contribution in [1.29, 1.82) is 0 Å². The summed E-state index contributed by atoms with van der Waals surface area (Å²) in [5.41, 5.74) is -1.87. The molecule has 0 aliphatic carbocycles. The summed E-state index contributed by atoms with van der Waals surface area (Å²) in [7, 11) is 0. The monoisotopic (exact) mass is 416 g/mol. The number of aromatic amines is 2.